The van der Waals surface area contributed by atoms with Crippen LogP contribution >= 0.6 is 0 Å². The molecule has 8 rings (SSSR count). The topological polar surface area (TPSA) is 38.0 Å². The molecular formula is C47H40N2. The number of rotatable bonds is 8. The monoisotopic (exact) mass is 632 g/mol. The lowest BCUT2D eigenvalue weighted by atomic mass is 9.81. The molecule has 7 aromatic rings. The summed E-state index contributed by atoms with van der Waals surface area (Å²) < 4.78 is 0. The van der Waals surface area contributed by atoms with Gasteiger partial charge in [0.1, 0.15) is 0 Å². The van der Waals surface area contributed by atoms with Gasteiger partial charge < -0.3 is 5.73 Å². The van der Waals surface area contributed by atoms with E-state index in [1.165, 1.54) is 55.3 Å². The average Bonchev–Trinajstić information content (AvgIpc) is 3.38. The maximum absolute atomic E-state index is 6.72. The summed E-state index contributed by atoms with van der Waals surface area (Å²) in [5.74, 6) is 0. The fourth-order valence-electron chi connectivity index (χ4n) is 7.45. The Morgan fingerprint density at radius 3 is 1.92 bits per heavy atom. The van der Waals surface area contributed by atoms with Gasteiger partial charge in [-0.3, -0.25) is 5.32 Å². The normalized spacial score (nSPS) is 14.4. The lowest BCUT2D eigenvalue weighted by molar-refractivity contribution is 0.509. The number of nitrogens with one attached hydrogen (secondary N) is 1. The summed E-state index contributed by atoms with van der Waals surface area (Å²) >= 11 is 0. The molecule has 0 amide bonds. The number of hydrogen-bond donors (Lipinski definition) is 2. The SMILES string of the molecule is CC1(C)c2cc3ccccc3cc2-c2c(-c3ccc(/C=C/C(NC(N)c4ccccc4)c4cccc(-c5ccccc5)c4)cc3)cccc21. The highest BCUT2D eigenvalue weighted by Gasteiger charge is 2.37. The zero-order valence-corrected chi connectivity index (χ0v) is 28.0. The van der Waals surface area contributed by atoms with Crippen molar-refractivity contribution in [2.75, 3.05) is 0 Å². The van der Waals surface area contributed by atoms with Gasteiger partial charge in [0.2, 0.25) is 0 Å². The molecule has 0 saturated carbocycles. The quantitative estimate of drug-likeness (QED) is 0.164. The van der Waals surface area contributed by atoms with Gasteiger partial charge in [-0.1, -0.05) is 172 Å². The van der Waals surface area contributed by atoms with Gasteiger partial charge in [0.05, 0.1) is 12.2 Å². The van der Waals surface area contributed by atoms with Crippen molar-refractivity contribution in [3.63, 3.8) is 0 Å². The van der Waals surface area contributed by atoms with E-state index in [4.69, 9.17) is 5.73 Å². The molecule has 0 aromatic heterocycles. The summed E-state index contributed by atoms with van der Waals surface area (Å²) in [4.78, 5) is 0. The summed E-state index contributed by atoms with van der Waals surface area (Å²) in [7, 11) is 0. The Hall–Kier alpha value is -5.54. The largest absolute Gasteiger partial charge is 0.312 e. The van der Waals surface area contributed by atoms with Gasteiger partial charge in [-0.15, -0.1) is 0 Å². The Balaban J connectivity index is 1.12. The van der Waals surface area contributed by atoms with Crippen LogP contribution in [-0.4, -0.2) is 0 Å². The van der Waals surface area contributed by atoms with Crippen LogP contribution in [0.5, 0.6) is 0 Å². The van der Waals surface area contributed by atoms with E-state index in [0.717, 1.165) is 16.7 Å². The highest BCUT2D eigenvalue weighted by Crippen LogP contribution is 2.53. The predicted octanol–water partition coefficient (Wildman–Crippen LogP) is 11.5. The number of fused-ring (bicyclic) bond motifs is 4. The van der Waals surface area contributed by atoms with Crippen molar-refractivity contribution in [3.8, 4) is 33.4 Å². The third-order valence-corrected chi connectivity index (χ3v) is 10.1. The maximum atomic E-state index is 6.72. The Morgan fingerprint density at radius 1 is 0.531 bits per heavy atom. The van der Waals surface area contributed by atoms with Crippen LogP contribution in [0.2, 0.25) is 0 Å². The highest BCUT2D eigenvalue weighted by molar-refractivity contribution is 5.98. The van der Waals surface area contributed by atoms with E-state index in [1.54, 1.807) is 0 Å². The Bertz CT molecular complexity index is 2280. The van der Waals surface area contributed by atoms with Crippen molar-refractivity contribution in [3.05, 3.63) is 198 Å². The zero-order valence-electron chi connectivity index (χ0n) is 28.0. The fraction of sp³-hybridized carbons (Fsp3) is 0.106. The van der Waals surface area contributed by atoms with E-state index < -0.39 is 0 Å². The van der Waals surface area contributed by atoms with Gasteiger partial charge in [-0.2, -0.15) is 0 Å². The van der Waals surface area contributed by atoms with Crippen LogP contribution in [0.25, 0.3) is 50.2 Å². The van der Waals surface area contributed by atoms with E-state index in [1.807, 2.05) is 18.2 Å². The van der Waals surface area contributed by atoms with Crippen LogP contribution in [0.3, 0.4) is 0 Å². The second kappa shape index (κ2) is 12.8. The lowest BCUT2D eigenvalue weighted by Crippen LogP contribution is -2.31. The molecule has 2 atom stereocenters. The van der Waals surface area contributed by atoms with Crippen molar-refractivity contribution in [1.29, 1.82) is 0 Å². The molecule has 0 radical (unpaired) electrons. The molecule has 0 bridgehead atoms. The first-order chi connectivity index (χ1) is 24.0. The van der Waals surface area contributed by atoms with Gasteiger partial charge in [0, 0.05) is 5.41 Å². The molecule has 2 heteroatoms. The Labute approximate surface area is 289 Å². The summed E-state index contributed by atoms with van der Waals surface area (Å²) in [5, 5.41) is 6.26. The minimum absolute atomic E-state index is 0.0617. The van der Waals surface area contributed by atoms with E-state index in [9.17, 15) is 0 Å². The van der Waals surface area contributed by atoms with Gasteiger partial charge >= 0.3 is 0 Å². The maximum Gasteiger partial charge on any atom is 0.0817 e. The third kappa shape index (κ3) is 5.91. The fourth-order valence-corrected chi connectivity index (χ4v) is 7.45. The third-order valence-electron chi connectivity index (χ3n) is 10.1. The minimum atomic E-state index is -0.317. The summed E-state index contributed by atoms with van der Waals surface area (Å²) in [6.45, 7) is 4.71. The molecule has 3 N–H and O–H groups in total. The van der Waals surface area contributed by atoms with Crippen molar-refractivity contribution >= 4 is 16.8 Å². The molecule has 2 nitrogen and oxygen atoms in total. The summed E-state index contributed by atoms with van der Waals surface area (Å²) in [6, 6.07) is 58.6. The van der Waals surface area contributed by atoms with Gasteiger partial charge in [-0.05, 0) is 90.2 Å². The zero-order chi connectivity index (χ0) is 33.4. The second-order valence-electron chi connectivity index (χ2n) is 13.6. The van der Waals surface area contributed by atoms with E-state index in [2.05, 4.69) is 177 Å². The van der Waals surface area contributed by atoms with E-state index in [-0.39, 0.29) is 17.6 Å². The van der Waals surface area contributed by atoms with Crippen LogP contribution in [0.15, 0.2) is 170 Å². The smallest absolute Gasteiger partial charge is 0.0817 e. The molecule has 238 valence electrons. The molecule has 49 heavy (non-hydrogen) atoms. The van der Waals surface area contributed by atoms with Gasteiger partial charge in [-0.25, -0.2) is 0 Å². The van der Waals surface area contributed by atoms with Gasteiger partial charge in [0.15, 0.2) is 0 Å². The van der Waals surface area contributed by atoms with Crippen LogP contribution in [-0.2, 0) is 5.41 Å². The van der Waals surface area contributed by atoms with Gasteiger partial charge in [0.25, 0.3) is 0 Å². The first kappa shape index (κ1) is 30.8. The summed E-state index contributed by atoms with van der Waals surface area (Å²) in [6.07, 6.45) is 4.11. The molecule has 0 aliphatic heterocycles. The van der Waals surface area contributed by atoms with Crippen LogP contribution < -0.4 is 11.1 Å². The van der Waals surface area contributed by atoms with E-state index >= 15 is 0 Å². The van der Waals surface area contributed by atoms with Crippen LogP contribution in [0.4, 0.5) is 0 Å². The molecule has 7 aromatic carbocycles. The van der Waals surface area contributed by atoms with Crippen LogP contribution in [0, 0.1) is 0 Å². The standard InChI is InChI=1S/C47H40N2/c1-47(2)42-22-12-21-40(45(42)41-30-37-17-9-10-18-38(37)31-43(41)47)34-26-23-32(24-27-34)25-28-44(49-46(48)35-15-7-4-8-16-35)39-20-11-19-36(29-39)33-13-5-3-6-14-33/h3-31,44,46,49H,48H2,1-2H3/b28-25+. The molecule has 0 heterocycles. The summed E-state index contributed by atoms with van der Waals surface area (Å²) in [5.41, 5.74) is 20.4. The number of nitrogens with two attached hydrogens (primary N) is 1. The van der Waals surface area contributed by atoms with Crippen molar-refractivity contribution in [2.24, 2.45) is 5.73 Å². The van der Waals surface area contributed by atoms with Crippen molar-refractivity contribution in [1.82, 2.24) is 5.32 Å². The Kier molecular flexibility index (Phi) is 8.05. The average molecular weight is 633 g/mol. The molecule has 1 aliphatic rings. The van der Waals surface area contributed by atoms with Crippen molar-refractivity contribution in [2.45, 2.75) is 31.5 Å². The number of benzene rings is 7. The van der Waals surface area contributed by atoms with E-state index in [0.29, 0.717) is 0 Å². The second-order valence-corrected chi connectivity index (χ2v) is 13.6. The lowest BCUT2D eigenvalue weighted by Gasteiger charge is -2.22. The molecule has 0 saturated heterocycles. The first-order valence-corrected chi connectivity index (χ1v) is 17.1. The molecule has 0 fully saturated rings. The highest BCUT2D eigenvalue weighted by atomic mass is 15.0. The predicted molar refractivity (Wildman–Crippen MR) is 207 cm³/mol. The van der Waals surface area contributed by atoms with Crippen molar-refractivity contribution < 1.29 is 0 Å². The molecule has 1 aliphatic carbocycles. The number of hydrogen-bond acceptors (Lipinski definition) is 2. The first-order valence-electron chi connectivity index (χ1n) is 17.1. The molecule has 2 unspecified atom stereocenters. The van der Waals surface area contributed by atoms with Crippen LogP contribution in [0.1, 0.15) is 53.9 Å². The molecule has 0 spiro atoms. The molecular weight excluding hydrogens is 593 g/mol. The minimum Gasteiger partial charge on any atom is -0.312 e. The Morgan fingerprint density at radius 2 is 1.16 bits per heavy atom.